The molecule has 0 aliphatic carbocycles. The molecular weight excluding hydrogens is 216 g/mol. The molecule has 1 atom stereocenters. The summed E-state index contributed by atoms with van der Waals surface area (Å²) in [4.78, 5) is 0. The van der Waals surface area contributed by atoms with Crippen molar-refractivity contribution >= 4 is 0 Å². The quantitative estimate of drug-likeness (QED) is 0.756. The summed E-state index contributed by atoms with van der Waals surface area (Å²) < 4.78 is 10.7. The number of methoxy groups -OCH3 is 2. The summed E-state index contributed by atoms with van der Waals surface area (Å²) in [6.07, 6.45) is 0.956. The minimum atomic E-state index is 0.384. The lowest BCUT2D eigenvalue weighted by molar-refractivity contribution is 0.379. The van der Waals surface area contributed by atoms with Gasteiger partial charge >= 0.3 is 0 Å². The van der Waals surface area contributed by atoms with E-state index in [-0.39, 0.29) is 0 Å². The van der Waals surface area contributed by atoms with Crippen LogP contribution >= 0.6 is 0 Å². The van der Waals surface area contributed by atoms with E-state index in [2.05, 4.69) is 12.2 Å². The van der Waals surface area contributed by atoms with Crippen LogP contribution in [0.2, 0.25) is 0 Å². The van der Waals surface area contributed by atoms with Crippen LogP contribution in [-0.2, 0) is 6.54 Å². The highest BCUT2D eigenvalue weighted by molar-refractivity contribution is 5.44. The highest BCUT2D eigenvalue weighted by atomic mass is 16.5. The van der Waals surface area contributed by atoms with Crippen molar-refractivity contribution in [3.8, 4) is 11.5 Å². The minimum Gasteiger partial charge on any atom is -0.496 e. The Morgan fingerprint density at radius 1 is 1.24 bits per heavy atom. The van der Waals surface area contributed by atoms with Crippen LogP contribution in [0, 0.1) is 0 Å². The van der Waals surface area contributed by atoms with E-state index in [1.165, 1.54) is 0 Å². The van der Waals surface area contributed by atoms with Crippen LogP contribution in [0.1, 0.15) is 18.9 Å². The molecule has 96 valence electrons. The van der Waals surface area contributed by atoms with Gasteiger partial charge in [-0.15, -0.1) is 0 Å². The van der Waals surface area contributed by atoms with Crippen LogP contribution in [0.4, 0.5) is 0 Å². The molecule has 0 bridgehead atoms. The van der Waals surface area contributed by atoms with Gasteiger partial charge in [-0.05, 0) is 32.0 Å². The zero-order valence-corrected chi connectivity index (χ0v) is 10.8. The van der Waals surface area contributed by atoms with Crippen molar-refractivity contribution in [3.63, 3.8) is 0 Å². The molecule has 1 rings (SSSR count). The monoisotopic (exact) mass is 238 g/mol. The maximum absolute atomic E-state index is 5.52. The number of ether oxygens (including phenoxy) is 2. The van der Waals surface area contributed by atoms with E-state index in [0.29, 0.717) is 19.1 Å². The van der Waals surface area contributed by atoms with E-state index in [4.69, 9.17) is 15.2 Å². The van der Waals surface area contributed by atoms with Gasteiger partial charge in [-0.3, -0.25) is 0 Å². The Balaban J connectivity index is 2.74. The second kappa shape index (κ2) is 7.14. The van der Waals surface area contributed by atoms with E-state index < -0.39 is 0 Å². The first kappa shape index (κ1) is 13.8. The van der Waals surface area contributed by atoms with Gasteiger partial charge in [-0.2, -0.15) is 0 Å². The summed E-state index contributed by atoms with van der Waals surface area (Å²) in [6.45, 7) is 3.53. The molecule has 1 aromatic carbocycles. The molecule has 1 unspecified atom stereocenters. The summed E-state index contributed by atoms with van der Waals surface area (Å²) in [7, 11) is 3.34. The third kappa shape index (κ3) is 3.91. The maximum atomic E-state index is 5.52. The first-order valence-corrected chi connectivity index (χ1v) is 5.86. The third-order valence-electron chi connectivity index (χ3n) is 2.76. The molecule has 3 N–H and O–H groups in total. The number of nitrogens with one attached hydrogen (secondary N) is 1. The highest BCUT2D eigenvalue weighted by Gasteiger charge is 2.10. The molecule has 0 spiro atoms. The third-order valence-corrected chi connectivity index (χ3v) is 2.76. The Bertz CT molecular complexity index is 320. The fraction of sp³-hybridized carbons (Fsp3) is 0.538. The molecule has 0 aromatic heterocycles. The Labute approximate surface area is 103 Å². The van der Waals surface area contributed by atoms with Gasteiger partial charge in [0.25, 0.3) is 0 Å². The lowest BCUT2D eigenvalue weighted by Crippen LogP contribution is -2.28. The number of nitrogens with two attached hydrogens (primary N) is 1. The zero-order chi connectivity index (χ0) is 12.7. The smallest absolute Gasteiger partial charge is 0.127 e. The molecule has 0 saturated heterocycles. The van der Waals surface area contributed by atoms with Crippen molar-refractivity contribution in [2.45, 2.75) is 25.9 Å². The van der Waals surface area contributed by atoms with Crippen molar-refractivity contribution in [2.75, 3.05) is 20.8 Å². The molecule has 0 fully saturated rings. The second-order valence-electron chi connectivity index (χ2n) is 4.00. The first-order valence-electron chi connectivity index (χ1n) is 5.86. The van der Waals surface area contributed by atoms with Crippen molar-refractivity contribution in [2.24, 2.45) is 5.73 Å². The van der Waals surface area contributed by atoms with Gasteiger partial charge in [0.15, 0.2) is 0 Å². The molecule has 1 aromatic rings. The van der Waals surface area contributed by atoms with Crippen molar-refractivity contribution in [1.29, 1.82) is 0 Å². The molecule has 0 radical (unpaired) electrons. The number of hydrogen-bond donors (Lipinski definition) is 2. The SMILES string of the molecule is COc1cccc(OC)c1CNC(C)CCN. The highest BCUT2D eigenvalue weighted by Crippen LogP contribution is 2.27. The van der Waals surface area contributed by atoms with Crippen LogP contribution in [-0.4, -0.2) is 26.8 Å². The van der Waals surface area contributed by atoms with Crippen LogP contribution < -0.4 is 20.5 Å². The largest absolute Gasteiger partial charge is 0.496 e. The molecule has 0 aliphatic heterocycles. The molecule has 4 nitrogen and oxygen atoms in total. The second-order valence-corrected chi connectivity index (χ2v) is 4.00. The summed E-state index contributed by atoms with van der Waals surface area (Å²) >= 11 is 0. The van der Waals surface area contributed by atoms with Gasteiger partial charge in [0.1, 0.15) is 11.5 Å². The Hall–Kier alpha value is -1.26. The predicted octanol–water partition coefficient (Wildman–Crippen LogP) is 1.53. The normalized spacial score (nSPS) is 12.2. The Kier molecular flexibility index (Phi) is 5.80. The minimum absolute atomic E-state index is 0.384. The van der Waals surface area contributed by atoms with Crippen LogP contribution in [0.15, 0.2) is 18.2 Å². The lowest BCUT2D eigenvalue weighted by atomic mass is 10.1. The van der Waals surface area contributed by atoms with Gasteiger partial charge in [0.2, 0.25) is 0 Å². The lowest BCUT2D eigenvalue weighted by Gasteiger charge is -2.16. The van der Waals surface area contributed by atoms with Crippen LogP contribution in [0.5, 0.6) is 11.5 Å². The van der Waals surface area contributed by atoms with Gasteiger partial charge in [-0.25, -0.2) is 0 Å². The van der Waals surface area contributed by atoms with Crippen molar-refractivity contribution in [3.05, 3.63) is 23.8 Å². The first-order chi connectivity index (χ1) is 8.22. The Morgan fingerprint density at radius 3 is 2.29 bits per heavy atom. The summed E-state index contributed by atoms with van der Waals surface area (Å²) in [5, 5.41) is 3.41. The van der Waals surface area contributed by atoms with Crippen molar-refractivity contribution in [1.82, 2.24) is 5.32 Å². The topological polar surface area (TPSA) is 56.5 Å². The Morgan fingerprint density at radius 2 is 1.82 bits per heavy atom. The van der Waals surface area contributed by atoms with E-state index in [9.17, 15) is 0 Å². The predicted molar refractivity (Wildman–Crippen MR) is 69.5 cm³/mol. The van der Waals surface area contributed by atoms with E-state index >= 15 is 0 Å². The van der Waals surface area contributed by atoms with Gasteiger partial charge in [0, 0.05) is 18.2 Å². The molecule has 0 aliphatic rings. The fourth-order valence-electron chi connectivity index (χ4n) is 1.73. The average molecular weight is 238 g/mol. The van der Waals surface area contributed by atoms with Gasteiger partial charge < -0.3 is 20.5 Å². The molecule has 0 heterocycles. The molecule has 17 heavy (non-hydrogen) atoms. The van der Waals surface area contributed by atoms with Crippen molar-refractivity contribution < 1.29 is 9.47 Å². The molecule has 0 saturated carbocycles. The summed E-state index contributed by atoms with van der Waals surface area (Å²) in [5.74, 6) is 1.69. The van der Waals surface area contributed by atoms with Gasteiger partial charge in [-0.1, -0.05) is 6.07 Å². The maximum Gasteiger partial charge on any atom is 0.127 e. The zero-order valence-electron chi connectivity index (χ0n) is 10.8. The van der Waals surface area contributed by atoms with E-state index in [1.54, 1.807) is 14.2 Å². The number of hydrogen-bond acceptors (Lipinski definition) is 4. The standard InChI is InChI=1S/C13H22N2O2/c1-10(7-8-14)15-9-11-12(16-2)5-4-6-13(11)17-3/h4-6,10,15H,7-9,14H2,1-3H3. The van der Waals surface area contributed by atoms with E-state index in [0.717, 1.165) is 23.5 Å². The van der Waals surface area contributed by atoms with Crippen LogP contribution in [0.3, 0.4) is 0 Å². The summed E-state index contributed by atoms with van der Waals surface area (Å²) in [5.41, 5.74) is 6.56. The molecule has 4 heteroatoms. The fourth-order valence-corrected chi connectivity index (χ4v) is 1.73. The van der Waals surface area contributed by atoms with Gasteiger partial charge in [0.05, 0.1) is 14.2 Å². The van der Waals surface area contributed by atoms with E-state index in [1.807, 2.05) is 18.2 Å². The molecular formula is C13H22N2O2. The molecule has 0 amide bonds. The summed E-state index contributed by atoms with van der Waals surface area (Å²) in [6, 6.07) is 6.18. The number of rotatable bonds is 7. The van der Waals surface area contributed by atoms with Crippen LogP contribution in [0.25, 0.3) is 0 Å². The average Bonchev–Trinajstić information content (AvgIpc) is 2.36. The number of benzene rings is 1.